The Morgan fingerprint density at radius 3 is 2.49 bits per heavy atom. The summed E-state index contributed by atoms with van der Waals surface area (Å²) in [6, 6.07) is 0. The highest BCUT2D eigenvalue weighted by Crippen LogP contribution is 2.67. The van der Waals surface area contributed by atoms with E-state index in [1.165, 1.54) is 6.92 Å². The predicted molar refractivity (Wildman–Crippen MR) is 134 cm³/mol. The van der Waals surface area contributed by atoms with Crippen molar-refractivity contribution in [2.75, 3.05) is 0 Å². The molecule has 0 radical (unpaired) electrons. The molecule has 10 atom stereocenters. The first-order chi connectivity index (χ1) is 16.2. The molecule has 10 unspecified atom stereocenters. The third-order valence-corrected chi connectivity index (χ3v) is 11.5. The molecule has 0 aromatic carbocycles. The van der Waals surface area contributed by atoms with E-state index in [-0.39, 0.29) is 51.7 Å². The number of aliphatic hydroxyl groups is 1. The summed E-state index contributed by atoms with van der Waals surface area (Å²) in [5.74, 6) is 1.49. The predicted octanol–water partition coefficient (Wildman–Crippen LogP) is 5.41. The van der Waals surface area contributed by atoms with E-state index in [2.05, 4.69) is 47.6 Å². The highest BCUT2D eigenvalue weighted by atomic mass is 16.6. The Balaban J connectivity index is 1.42. The van der Waals surface area contributed by atoms with Crippen molar-refractivity contribution in [1.29, 1.82) is 0 Å². The SMILES string of the molecule is CC(=O)OC1CC2=CC(=O)C=CC2(C)C2CCC3(C)C(C(C)C(O)CC4(C)OC4(C)C)CCC3C12. The lowest BCUT2D eigenvalue weighted by Gasteiger charge is -2.59. The zero-order valence-electron chi connectivity index (χ0n) is 22.6. The van der Waals surface area contributed by atoms with Gasteiger partial charge in [-0.25, -0.2) is 0 Å². The summed E-state index contributed by atoms with van der Waals surface area (Å²) in [6.45, 7) is 14.8. The van der Waals surface area contributed by atoms with Crippen molar-refractivity contribution in [3.63, 3.8) is 0 Å². The molecule has 0 amide bonds. The molecule has 194 valence electrons. The lowest BCUT2D eigenvalue weighted by Crippen LogP contribution is -2.56. The van der Waals surface area contributed by atoms with Crippen LogP contribution in [0, 0.1) is 40.4 Å². The Morgan fingerprint density at radius 2 is 1.86 bits per heavy atom. The second-order valence-electron chi connectivity index (χ2n) is 13.5. The first-order valence-corrected chi connectivity index (χ1v) is 13.7. The van der Waals surface area contributed by atoms with Crippen LogP contribution < -0.4 is 0 Å². The van der Waals surface area contributed by atoms with Gasteiger partial charge in [-0.05, 0) is 87.7 Å². The number of fused-ring (bicyclic) bond motifs is 5. The lowest BCUT2D eigenvalue weighted by atomic mass is 9.46. The van der Waals surface area contributed by atoms with Crippen LogP contribution in [0.3, 0.4) is 0 Å². The zero-order valence-corrected chi connectivity index (χ0v) is 22.6. The number of hydrogen-bond acceptors (Lipinski definition) is 5. The Morgan fingerprint density at radius 1 is 1.17 bits per heavy atom. The molecule has 1 saturated heterocycles. The van der Waals surface area contributed by atoms with Crippen molar-refractivity contribution < 1.29 is 24.2 Å². The molecule has 3 saturated carbocycles. The molecular formula is C30H44O5. The van der Waals surface area contributed by atoms with Crippen LogP contribution in [0.4, 0.5) is 0 Å². The van der Waals surface area contributed by atoms with Gasteiger partial charge < -0.3 is 14.6 Å². The molecule has 0 spiro atoms. The van der Waals surface area contributed by atoms with Gasteiger partial charge in [-0.1, -0.05) is 32.4 Å². The van der Waals surface area contributed by atoms with E-state index in [9.17, 15) is 14.7 Å². The third-order valence-electron chi connectivity index (χ3n) is 11.5. The van der Waals surface area contributed by atoms with E-state index in [4.69, 9.17) is 9.47 Å². The van der Waals surface area contributed by atoms with Crippen LogP contribution in [-0.4, -0.2) is 40.3 Å². The number of epoxide rings is 1. The molecule has 1 N–H and O–H groups in total. The van der Waals surface area contributed by atoms with Crippen LogP contribution in [0.5, 0.6) is 0 Å². The maximum absolute atomic E-state index is 12.2. The van der Waals surface area contributed by atoms with Gasteiger partial charge in [0.1, 0.15) is 6.10 Å². The summed E-state index contributed by atoms with van der Waals surface area (Å²) in [5.41, 5.74) is 0.668. The molecule has 0 bridgehead atoms. The third kappa shape index (κ3) is 3.79. The fourth-order valence-corrected chi connectivity index (χ4v) is 9.06. The molecule has 1 heterocycles. The monoisotopic (exact) mass is 484 g/mol. The summed E-state index contributed by atoms with van der Waals surface area (Å²) >= 11 is 0. The molecule has 5 rings (SSSR count). The highest BCUT2D eigenvalue weighted by Gasteiger charge is 2.64. The minimum Gasteiger partial charge on any atom is -0.462 e. The van der Waals surface area contributed by atoms with Crippen molar-refractivity contribution in [3.8, 4) is 0 Å². The smallest absolute Gasteiger partial charge is 0.302 e. The van der Waals surface area contributed by atoms with Crippen molar-refractivity contribution in [1.82, 2.24) is 0 Å². The number of aliphatic hydroxyl groups excluding tert-OH is 1. The number of allylic oxidation sites excluding steroid dienone is 3. The Hall–Kier alpha value is -1.46. The van der Waals surface area contributed by atoms with Gasteiger partial charge in [0.2, 0.25) is 0 Å². The molecule has 5 nitrogen and oxygen atoms in total. The average molecular weight is 485 g/mol. The Labute approximate surface area is 210 Å². The van der Waals surface area contributed by atoms with E-state index in [0.29, 0.717) is 30.6 Å². The normalized spacial score (nSPS) is 47.1. The molecule has 4 aliphatic carbocycles. The molecule has 5 aliphatic rings. The number of esters is 1. The standard InChI is InChI=1S/C30H44O5/c1-17(24(33)16-30(7)27(3,4)35-30)21-8-9-22-26-23(11-13-29(21,22)6)28(5)12-10-20(32)14-19(28)15-25(26)34-18(2)31/h10,12,14,17,21-26,33H,8-9,11,13,15-16H2,1-7H3. The number of ketones is 1. The van der Waals surface area contributed by atoms with Gasteiger partial charge in [-0.15, -0.1) is 0 Å². The average Bonchev–Trinajstić information content (AvgIpc) is 3.07. The summed E-state index contributed by atoms with van der Waals surface area (Å²) in [4.78, 5) is 24.4. The number of rotatable bonds is 5. The topological polar surface area (TPSA) is 76.1 Å². The van der Waals surface area contributed by atoms with Crippen molar-refractivity contribution in [2.24, 2.45) is 40.4 Å². The van der Waals surface area contributed by atoms with Crippen molar-refractivity contribution in [2.45, 2.75) is 110 Å². The van der Waals surface area contributed by atoms with E-state index >= 15 is 0 Å². The van der Waals surface area contributed by atoms with Crippen molar-refractivity contribution >= 4 is 11.8 Å². The van der Waals surface area contributed by atoms with Crippen LogP contribution >= 0.6 is 0 Å². The number of carbonyl (C=O) groups excluding carboxylic acids is 2. The summed E-state index contributed by atoms with van der Waals surface area (Å²) in [7, 11) is 0. The maximum Gasteiger partial charge on any atom is 0.302 e. The summed E-state index contributed by atoms with van der Waals surface area (Å²) in [5, 5.41) is 11.3. The first kappa shape index (κ1) is 25.2. The van der Waals surface area contributed by atoms with E-state index in [0.717, 1.165) is 31.3 Å². The molecule has 5 heteroatoms. The Bertz CT molecular complexity index is 979. The number of ether oxygens (including phenoxy) is 2. The lowest BCUT2D eigenvalue weighted by molar-refractivity contribution is -0.164. The Kier molecular flexibility index (Phi) is 5.77. The van der Waals surface area contributed by atoms with Crippen LogP contribution in [0.2, 0.25) is 0 Å². The van der Waals surface area contributed by atoms with Crippen LogP contribution in [0.15, 0.2) is 23.8 Å². The van der Waals surface area contributed by atoms with Gasteiger partial charge in [0.15, 0.2) is 5.78 Å². The fraction of sp³-hybridized carbons (Fsp3) is 0.800. The molecule has 0 aromatic rings. The van der Waals surface area contributed by atoms with Crippen LogP contribution in [-0.2, 0) is 19.1 Å². The molecule has 0 aromatic heterocycles. The van der Waals surface area contributed by atoms with Gasteiger partial charge in [-0.2, -0.15) is 0 Å². The van der Waals surface area contributed by atoms with E-state index < -0.39 is 6.10 Å². The number of carbonyl (C=O) groups is 2. The van der Waals surface area contributed by atoms with E-state index in [1.807, 2.05) is 0 Å². The van der Waals surface area contributed by atoms with Gasteiger partial charge in [0.05, 0.1) is 17.3 Å². The van der Waals surface area contributed by atoms with Crippen molar-refractivity contribution in [3.05, 3.63) is 23.8 Å². The van der Waals surface area contributed by atoms with Crippen LogP contribution in [0.25, 0.3) is 0 Å². The zero-order chi connectivity index (χ0) is 25.6. The van der Waals surface area contributed by atoms with E-state index in [1.54, 1.807) is 12.2 Å². The van der Waals surface area contributed by atoms with Gasteiger partial charge in [-0.3, -0.25) is 9.59 Å². The van der Waals surface area contributed by atoms with Crippen LogP contribution in [0.1, 0.15) is 87.0 Å². The second kappa shape index (κ2) is 8.02. The quantitative estimate of drug-likeness (QED) is 0.417. The minimum absolute atomic E-state index is 0.0402. The highest BCUT2D eigenvalue weighted by molar-refractivity contribution is 6.01. The van der Waals surface area contributed by atoms with Gasteiger partial charge in [0, 0.05) is 31.1 Å². The first-order valence-electron chi connectivity index (χ1n) is 13.7. The molecule has 4 fully saturated rings. The molecular weight excluding hydrogens is 440 g/mol. The summed E-state index contributed by atoms with van der Waals surface area (Å²) in [6.07, 6.45) is 10.8. The van der Waals surface area contributed by atoms with Gasteiger partial charge in [0.25, 0.3) is 0 Å². The van der Waals surface area contributed by atoms with Gasteiger partial charge >= 0.3 is 5.97 Å². The molecule has 35 heavy (non-hydrogen) atoms. The summed E-state index contributed by atoms with van der Waals surface area (Å²) < 4.78 is 12.0. The number of hydrogen-bond donors (Lipinski definition) is 1. The second-order valence-corrected chi connectivity index (χ2v) is 13.5. The molecule has 1 aliphatic heterocycles. The minimum atomic E-state index is -0.393. The largest absolute Gasteiger partial charge is 0.462 e. The fourth-order valence-electron chi connectivity index (χ4n) is 9.06. The maximum atomic E-state index is 12.2.